The van der Waals surface area contributed by atoms with E-state index in [1.165, 1.54) is 21.8 Å². The second kappa shape index (κ2) is 7.60. The minimum Gasteiger partial charge on any atom is -0.443 e. The van der Waals surface area contributed by atoms with Crippen LogP contribution < -0.4 is 0 Å². The molecule has 6 heteroatoms. The van der Waals surface area contributed by atoms with Gasteiger partial charge in [0, 0.05) is 23.5 Å². The highest BCUT2D eigenvalue weighted by atomic mass is 32.1. The molecule has 1 aliphatic heterocycles. The molecule has 2 aromatic rings. The first kappa shape index (κ1) is 17.2. The van der Waals surface area contributed by atoms with Crippen molar-refractivity contribution in [3.63, 3.8) is 0 Å². The molecule has 1 aromatic carbocycles. The molecule has 2 aliphatic rings. The molecule has 1 aromatic heterocycles. The van der Waals surface area contributed by atoms with Gasteiger partial charge in [0.05, 0.1) is 13.2 Å². The lowest BCUT2D eigenvalue weighted by molar-refractivity contribution is -0.145. The van der Waals surface area contributed by atoms with Crippen molar-refractivity contribution in [1.29, 1.82) is 0 Å². The fraction of sp³-hybridized carbons (Fsp3) is 0.400. The van der Waals surface area contributed by atoms with Gasteiger partial charge < -0.3 is 14.4 Å². The van der Waals surface area contributed by atoms with Gasteiger partial charge in [-0.05, 0) is 30.9 Å². The molecule has 4 rings (SSSR count). The minimum absolute atomic E-state index is 0.183. The number of aryl methyl sites for hydroxylation is 2. The Balaban J connectivity index is 1.56. The third-order valence-corrected chi connectivity index (χ3v) is 6.04. The summed E-state index contributed by atoms with van der Waals surface area (Å²) in [6, 6.07) is 11.2. The molecule has 1 amide bonds. The zero-order chi connectivity index (χ0) is 17.9. The van der Waals surface area contributed by atoms with Gasteiger partial charge in [0.25, 0.3) is 5.91 Å². The summed E-state index contributed by atoms with van der Waals surface area (Å²) >= 11 is 1.50. The fourth-order valence-corrected chi connectivity index (χ4v) is 4.57. The summed E-state index contributed by atoms with van der Waals surface area (Å²) in [5, 5.41) is 0. The normalized spacial score (nSPS) is 17.6. The van der Waals surface area contributed by atoms with E-state index in [-0.39, 0.29) is 5.91 Å². The number of rotatable bonds is 4. The standard InChI is InChI=1S/C20H21NO4S/c22-19(21-9-11-24-12-10-21)18(14-5-2-1-3-6-14)25-20(23)17-13-15-7-4-8-16(15)26-17/h1-3,5-6,13,18H,4,7-12H2. The van der Waals surface area contributed by atoms with Crippen LogP contribution in [-0.2, 0) is 27.1 Å². The SMILES string of the molecule is O=C(OC(C(=O)N1CCOCC1)c1ccccc1)c1cc2c(s1)CCC2. The first-order valence-corrected chi connectivity index (χ1v) is 9.78. The largest absolute Gasteiger partial charge is 0.443 e. The predicted molar refractivity (Wildman–Crippen MR) is 98.3 cm³/mol. The molecule has 1 unspecified atom stereocenters. The number of hydrogen-bond acceptors (Lipinski definition) is 5. The molecule has 1 atom stereocenters. The maximum Gasteiger partial charge on any atom is 0.349 e. The van der Waals surface area contributed by atoms with Crippen LogP contribution in [0.5, 0.6) is 0 Å². The lowest BCUT2D eigenvalue weighted by Gasteiger charge is -2.30. The van der Waals surface area contributed by atoms with Gasteiger partial charge in [0.1, 0.15) is 4.88 Å². The van der Waals surface area contributed by atoms with Gasteiger partial charge in [0.2, 0.25) is 6.10 Å². The minimum atomic E-state index is -0.918. The molecule has 26 heavy (non-hydrogen) atoms. The number of morpholine rings is 1. The Kier molecular flexibility index (Phi) is 5.04. The Morgan fingerprint density at radius 2 is 1.88 bits per heavy atom. The average Bonchev–Trinajstić information content (AvgIpc) is 3.29. The molecule has 2 heterocycles. The second-order valence-corrected chi connectivity index (χ2v) is 7.68. The van der Waals surface area contributed by atoms with E-state index in [1.807, 2.05) is 36.4 Å². The summed E-state index contributed by atoms with van der Waals surface area (Å²) in [5.41, 5.74) is 1.94. The van der Waals surface area contributed by atoms with Crippen molar-refractivity contribution in [3.05, 3.63) is 57.3 Å². The molecular formula is C20H21NO4S. The summed E-state index contributed by atoms with van der Waals surface area (Å²) in [5.74, 6) is -0.600. The number of fused-ring (bicyclic) bond motifs is 1. The monoisotopic (exact) mass is 371 g/mol. The zero-order valence-electron chi connectivity index (χ0n) is 14.5. The number of carbonyl (C=O) groups is 2. The highest BCUT2D eigenvalue weighted by molar-refractivity contribution is 7.14. The van der Waals surface area contributed by atoms with E-state index < -0.39 is 12.1 Å². The maximum atomic E-state index is 13.0. The molecule has 0 spiro atoms. The highest BCUT2D eigenvalue weighted by Gasteiger charge is 2.31. The van der Waals surface area contributed by atoms with Crippen LogP contribution in [0.4, 0.5) is 0 Å². The highest BCUT2D eigenvalue weighted by Crippen LogP contribution is 2.32. The maximum absolute atomic E-state index is 13.0. The predicted octanol–water partition coefficient (Wildman–Crippen LogP) is 2.99. The lowest BCUT2D eigenvalue weighted by Crippen LogP contribution is -2.44. The van der Waals surface area contributed by atoms with E-state index in [2.05, 4.69) is 0 Å². The van der Waals surface area contributed by atoms with E-state index in [0.717, 1.165) is 19.3 Å². The fourth-order valence-electron chi connectivity index (χ4n) is 3.43. The van der Waals surface area contributed by atoms with Gasteiger partial charge in [-0.15, -0.1) is 11.3 Å². The van der Waals surface area contributed by atoms with Crippen LogP contribution in [-0.4, -0.2) is 43.1 Å². The van der Waals surface area contributed by atoms with Gasteiger partial charge in [-0.25, -0.2) is 4.79 Å². The number of hydrogen-bond donors (Lipinski definition) is 0. The molecule has 1 fully saturated rings. The smallest absolute Gasteiger partial charge is 0.349 e. The van der Waals surface area contributed by atoms with Crippen molar-refractivity contribution in [1.82, 2.24) is 4.90 Å². The zero-order valence-corrected chi connectivity index (χ0v) is 15.3. The Bertz CT molecular complexity index is 774. The van der Waals surface area contributed by atoms with Gasteiger partial charge >= 0.3 is 5.97 Å². The van der Waals surface area contributed by atoms with Crippen LogP contribution in [0.1, 0.15) is 38.2 Å². The first-order chi connectivity index (χ1) is 12.7. The van der Waals surface area contributed by atoms with Crippen molar-refractivity contribution in [2.24, 2.45) is 0 Å². The number of esters is 1. The topological polar surface area (TPSA) is 55.8 Å². The van der Waals surface area contributed by atoms with Gasteiger partial charge in [0.15, 0.2) is 0 Å². The quantitative estimate of drug-likeness (QED) is 0.776. The summed E-state index contributed by atoms with van der Waals surface area (Å²) in [7, 11) is 0. The molecule has 5 nitrogen and oxygen atoms in total. The molecule has 1 aliphatic carbocycles. The van der Waals surface area contributed by atoms with Crippen LogP contribution in [0, 0.1) is 0 Å². The molecule has 1 saturated heterocycles. The number of benzene rings is 1. The molecule has 0 radical (unpaired) electrons. The number of ether oxygens (including phenoxy) is 2. The molecular weight excluding hydrogens is 350 g/mol. The molecule has 0 N–H and O–H groups in total. The molecule has 0 saturated carbocycles. The average molecular weight is 371 g/mol. The Morgan fingerprint density at radius 1 is 1.12 bits per heavy atom. The summed E-state index contributed by atoms with van der Waals surface area (Å²) in [6.45, 7) is 2.07. The van der Waals surface area contributed by atoms with E-state index in [9.17, 15) is 9.59 Å². The Morgan fingerprint density at radius 3 is 2.62 bits per heavy atom. The summed E-state index contributed by atoms with van der Waals surface area (Å²) in [6.07, 6.45) is 2.29. The van der Waals surface area contributed by atoms with Crippen LogP contribution in [0.2, 0.25) is 0 Å². The number of thiophene rings is 1. The van der Waals surface area contributed by atoms with E-state index in [1.54, 1.807) is 4.90 Å². The van der Waals surface area contributed by atoms with Crippen LogP contribution >= 0.6 is 11.3 Å². The number of amides is 1. The van der Waals surface area contributed by atoms with Crippen molar-refractivity contribution < 1.29 is 19.1 Å². The van der Waals surface area contributed by atoms with Gasteiger partial charge in [-0.1, -0.05) is 30.3 Å². The van der Waals surface area contributed by atoms with E-state index in [4.69, 9.17) is 9.47 Å². The lowest BCUT2D eigenvalue weighted by atomic mass is 10.1. The second-order valence-electron chi connectivity index (χ2n) is 6.55. The van der Waals surface area contributed by atoms with Gasteiger partial charge in [-0.2, -0.15) is 0 Å². The van der Waals surface area contributed by atoms with E-state index in [0.29, 0.717) is 36.7 Å². The van der Waals surface area contributed by atoms with Crippen molar-refractivity contribution >= 4 is 23.2 Å². The summed E-state index contributed by atoms with van der Waals surface area (Å²) < 4.78 is 11.0. The molecule has 136 valence electrons. The van der Waals surface area contributed by atoms with Crippen LogP contribution in [0.25, 0.3) is 0 Å². The third kappa shape index (κ3) is 3.52. The van der Waals surface area contributed by atoms with Crippen LogP contribution in [0.3, 0.4) is 0 Å². The van der Waals surface area contributed by atoms with Crippen molar-refractivity contribution in [3.8, 4) is 0 Å². The Labute approximate surface area is 156 Å². The van der Waals surface area contributed by atoms with Gasteiger partial charge in [-0.3, -0.25) is 4.79 Å². The van der Waals surface area contributed by atoms with Crippen LogP contribution in [0.15, 0.2) is 36.4 Å². The third-order valence-electron chi connectivity index (χ3n) is 4.82. The van der Waals surface area contributed by atoms with E-state index >= 15 is 0 Å². The Hall–Kier alpha value is -2.18. The number of carbonyl (C=O) groups excluding carboxylic acids is 2. The summed E-state index contributed by atoms with van der Waals surface area (Å²) in [4.78, 5) is 29.3. The van der Waals surface area contributed by atoms with Crippen molar-refractivity contribution in [2.45, 2.75) is 25.4 Å². The number of nitrogens with zero attached hydrogens (tertiary/aromatic N) is 1. The van der Waals surface area contributed by atoms with Crippen molar-refractivity contribution in [2.75, 3.05) is 26.3 Å². The first-order valence-electron chi connectivity index (χ1n) is 8.96. The molecule has 0 bridgehead atoms.